The van der Waals surface area contributed by atoms with Crippen molar-refractivity contribution in [3.63, 3.8) is 0 Å². The molecule has 9 nitrogen and oxygen atoms in total. The predicted molar refractivity (Wildman–Crippen MR) is 111 cm³/mol. The number of rotatable bonds is 7. The number of anilines is 1. The summed E-state index contributed by atoms with van der Waals surface area (Å²) in [6.45, 7) is 1.62. The summed E-state index contributed by atoms with van der Waals surface area (Å²) in [5.74, 6) is -1.58. The molecule has 0 radical (unpaired) electrons. The van der Waals surface area contributed by atoms with Crippen LogP contribution in [0.15, 0.2) is 30.5 Å². The number of ketones is 1. The Kier molecular flexibility index (Phi) is 7.22. The molecular weight excluding hydrogens is 443 g/mol. The van der Waals surface area contributed by atoms with E-state index in [9.17, 15) is 18.8 Å². The highest BCUT2D eigenvalue weighted by atomic mass is 35.5. The molecule has 2 N–H and O–H groups in total. The topological polar surface area (TPSA) is 130 Å². The van der Waals surface area contributed by atoms with Gasteiger partial charge in [-0.25, -0.2) is 19.0 Å². The van der Waals surface area contributed by atoms with E-state index in [4.69, 9.17) is 21.6 Å². The van der Waals surface area contributed by atoms with Crippen LogP contribution >= 0.6 is 11.6 Å². The van der Waals surface area contributed by atoms with Gasteiger partial charge in [0.15, 0.2) is 17.6 Å². The average molecular weight is 461 g/mol. The van der Waals surface area contributed by atoms with Crippen LogP contribution in [0, 0.1) is 17.1 Å². The maximum Gasteiger partial charge on any atom is 0.515 e. The zero-order valence-electron chi connectivity index (χ0n) is 16.9. The van der Waals surface area contributed by atoms with Crippen molar-refractivity contribution in [1.82, 2.24) is 10.3 Å². The monoisotopic (exact) mass is 460 g/mol. The van der Waals surface area contributed by atoms with Gasteiger partial charge in [0.1, 0.15) is 17.7 Å². The van der Waals surface area contributed by atoms with E-state index in [0.29, 0.717) is 12.0 Å². The van der Waals surface area contributed by atoms with Crippen molar-refractivity contribution in [2.75, 3.05) is 11.4 Å². The zero-order chi connectivity index (χ0) is 23.3. The minimum absolute atomic E-state index is 0.00220. The number of benzene rings is 1. The number of hydrogen-bond donors (Lipinski definition) is 2. The second-order valence-corrected chi connectivity index (χ2v) is 7.03. The second kappa shape index (κ2) is 10.1. The van der Waals surface area contributed by atoms with Crippen LogP contribution in [-0.4, -0.2) is 35.1 Å². The smallest absolute Gasteiger partial charge is 0.418 e. The Hall–Kier alpha value is -3.71. The molecule has 166 valence electrons. The van der Waals surface area contributed by atoms with Crippen molar-refractivity contribution < 1.29 is 28.2 Å². The van der Waals surface area contributed by atoms with Crippen LogP contribution in [0.4, 0.5) is 19.8 Å². The minimum Gasteiger partial charge on any atom is -0.418 e. The molecule has 0 aliphatic heterocycles. The molecule has 2 aromatic rings. The number of amides is 2. The van der Waals surface area contributed by atoms with Gasteiger partial charge in [0, 0.05) is 30.1 Å². The molecule has 0 bridgehead atoms. The first kappa shape index (κ1) is 23.0. The maximum atomic E-state index is 14.7. The van der Waals surface area contributed by atoms with Gasteiger partial charge in [0.2, 0.25) is 0 Å². The number of carbonyl (C=O) groups excluding carboxylic acids is 3. The van der Waals surface area contributed by atoms with Gasteiger partial charge in [-0.3, -0.25) is 10.1 Å². The molecule has 1 aliphatic rings. The molecule has 32 heavy (non-hydrogen) atoms. The standard InChI is InChI=1S/C21H18ClFN4O5/c1-2-16(28)12-4-5-14(23)18(19(12)32-21(30)31-10-22)13-7-15(13)26-20(29)27-17-6-3-11(8-24)9-25-17/h3-6,9,13,15H,2,7,10H2,1H3,(H2,25,26,27,29). The summed E-state index contributed by atoms with van der Waals surface area (Å²) in [7, 11) is 0. The van der Waals surface area contributed by atoms with Gasteiger partial charge in [0.25, 0.3) is 0 Å². The molecule has 2 amide bonds. The van der Waals surface area contributed by atoms with E-state index < -0.39 is 36.0 Å². The van der Waals surface area contributed by atoms with Crippen molar-refractivity contribution in [1.29, 1.82) is 5.26 Å². The number of Topliss-reactive ketones (excluding diaryl/α,β-unsaturated/α-hetero) is 1. The van der Waals surface area contributed by atoms with Crippen LogP contribution < -0.4 is 15.4 Å². The van der Waals surface area contributed by atoms with E-state index in [0.717, 1.165) is 6.07 Å². The van der Waals surface area contributed by atoms with Crippen molar-refractivity contribution in [2.45, 2.75) is 31.7 Å². The third kappa shape index (κ3) is 5.31. The molecule has 3 rings (SSSR count). The highest BCUT2D eigenvalue weighted by Gasteiger charge is 2.44. The van der Waals surface area contributed by atoms with Crippen molar-refractivity contribution in [3.8, 4) is 11.8 Å². The SMILES string of the molecule is CCC(=O)c1ccc(F)c(C2CC2NC(=O)Nc2ccc(C#N)cn2)c1OC(=O)OCCl. The first-order valence-corrected chi connectivity index (χ1v) is 10.1. The van der Waals surface area contributed by atoms with Gasteiger partial charge in [-0.15, -0.1) is 0 Å². The lowest BCUT2D eigenvalue weighted by atomic mass is 10.00. The summed E-state index contributed by atoms with van der Waals surface area (Å²) in [6, 6.07) is 5.71. The van der Waals surface area contributed by atoms with Crippen LogP contribution in [0.3, 0.4) is 0 Å². The Balaban J connectivity index is 1.77. The first-order chi connectivity index (χ1) is 15.4. The molecular formula is C21H18ClFN4O5. The molecule has 0 saturated heterocycles. The molecule has 1 aromatic heterocycles. The van der Waals surface area contributed by atoms with Crippen LogP contribution in [0.2, 0.25) is 0 Å². The number of ether oxygens (including phenoxy) is 2. The normalized spacial score (nSPS) is 16.4. The Bertz CT molecular complexity index is 1090. The fourth-order valence-electron chi connectivity index (χ4n) is 3.13. The van der Waals surface area contributed by atoms with Crippen LogP contribution in [0.1, 0.15) is 47.2 Å². The van der Waals surface area contributed by atoms with E-state index >= 15 is 0 Å². The minimum atomic E-state index is -1.17. The summed E-state index contributed by atoms with van der Waals surface area (Å²) in [5.41, 5.74) is 0.375. The molecule has 1 saturated carbocycles. The van der Waals surface area contributed by atoms with E-state index in [-0.39, 0.29) is 34.9 Å². The van der Waals surface area contributed by atoms with Gasteiger partial charge in [-0.1, -0.05) is 18.5 Å². The van der Waals surface area contributed by atoms with Crippen molar-refractivity contribution in [3.05, 3.63) is 53.0 Å². The Morgan fingerprint density at radius 1 is 1.31 bits per heavy atom. The highest BCUT2D eigenvalue weighted by Crippen LogP contribution is 2.47. The predicted octanol–water partition coefficient (Wildman–Crippen LogP) is 4.07. The lowest BCUT2D eigenvalue weighted by molar-refractivity contribution is 0.0978. The van der Waals surface area contributed by atoms with Crippen LogP contribution in [0.5, 0.6) is 5.75 Å². The lowest BCUT2D eigenvalue weighted by Gasteiger charge is -2.15. The van der Waals surface area contributed by atoms with E-state index in [1.165, 1.54) is 24.4 Å². The van der Waals surface area contributed by atoms with E-state index in [2.05, 4.69) is 20.4 Å². The molecule has 1 aliphatic carbocycles. The summed E-state index contributed by atoms with van der Waals surface area (Å²) in [5, 5.41) is 14.0. The second-order valence-electron chi connectivity index (χ2n) is 6.81. The number of pyridine rings is 1. The molecule has 2 atom stereocenters. The van der Waals surface area contributed by atoms with Crippen molar-refractivity contribution in [2.24, 2.45) is 0 Å². The average Bonchev–Trinajstić information content (AvgIpc) is 3.52. The quantitative estimate of drug-likeness (QED) is 0.275. The van der Waals surface area contributed by atoms with Gasteiger partial charge < -0.3 is 14.8 Å². The summed E-state index contributed by atoms with van der Waals surface area (Å²) in [4.78, 5) is 40.3. The number of halogens is 2. The number of alkyl halides is 1. The highest BCUT2D eigenvalue weighted by molar-refractivity contribution is 6.17. The fraction of sp³-hybridized carbons (Fsp3) is 0.286. The van der Waals surface area contributed by atoms with Gasteiger partial charge in [-0.2, -0.15) is 5.26 Å². The van der Waals surface area contributed by atoms with Crippen LogP contribution in [0.25, 0.3) is 0 Å². The third-order valence-electron chi connectivity index (χ3n) is 4.73. The molecule has 2 unspecified atom stereocenters. The molecule has 0 spiro atoms. The van der Waals surface area contributed by atoms with E-state index in [1.54, 1.807) is 6.92 Å². The van der Waals surface area contributed by atoms with Crippen LogP contribution in [-0.2, 0) is 4.74 Å². The summed E-state index contributed by atoms with van der Waals surface area (Å²) in [6.07, 6.45) is 0.602. The number of hydrogen-bond acceptors (Lipinski definition) is 7. The Morgan fingerprint density at radius 3 is 2.72 bits per heavy atom. The number of nitriles is 1. The third-order valence-corrected chi connectivity index (χ3v) is 4.84. The van der Waals surface area contributed by atoms with E-state index in [1.807, 2.05) is 6.07 Å². The summed E-state index contributed by atoms with van der Waals surface area (Å²) >= 11 is 5.36. The first-order valence-electron chi connectivity index (χ1n) is 9.57. The van der Waals surface area contributed by atoms with Gasteiger partial charge >= 0.3 is 12.2 Å². The number of aromatic nitrogens is 1. The molecule has 1 fully saturated rings. The molecule has 11 heteroatoms. The van der Waals surface area contributed by atoms with Gasteiger partial charge in [0.05, 0.1) is 11.1 Å². The maximum absolute atomic E-state index is 14.7. The molecule has 1 aromatic carbocycles. The van der Waals surface area contributed by atoms with Gasteiger partial charge in [-0.05, 0) is 30.7 Å². The number of carbonyl (C=O) groups is 3. The molecule has 1 heterocycles. The largest absolute Gasteiger partial charge is 0.515 e. The number of urea groups is 1. The number of nitrogens with one attached hydrogen (secondary N) is 2. The zero-order valence-corrected chi connectivity index (χ0v) is 17.6. The summed E-state index contributed by atoms with van der Waals surface area (Å²) < 4.78 is 24.4. The Labute approximate surface area is 187 Å². The lowest BCUT2D eigenvalue weighted by Crippen LogP contribution is -2.31. The number of nitrogens with zero attached hydrogens (tertiary/aromatic N) is 2. The Morgan fingerprint density at radius 2 is 2.09 bits per heavy atom. The fourth-order valence-corrected chi connectivity index (χ4v) is 3.22. The van der Waals surface area contributed by atoms with Crippen molar-refractivity contribution >= 4 is 35.4 Å².